The Bertz CT molecular complexity index is 3470. The molecule has 0 atom stereocenters. The van der Waals surface area contributed by atoms with Gasteiger partial charge in [-0.2, -0.15) is 0 Å². The fraction of sp³-hybridized carbons (Fsp3) is 0. The highest BCUT2D eigenvalue weighted by molar-refractivity contribution is 7.25. The van der Waals surface area contributed by atoms with Crippen LogP contribution in [0.3, 0.4) is 0 Å². The maximum atomic E-state index is 6.64. The third-order valence-corrected chi connectivity index (χ3v) is 12.2. The van der Waals surface area contributed by atoms with E-state index in [2.05, 4.69) is 156 Å². The third kappa shape index (κ3) is 5.19. The van der Waals surface area contributed by atoms with E-state index in [0.717, 1.165) is 44.3 Å². The molecule has 8 aromatic carbocycles. The summed E-state index contributed by atoms with van der Waals surface area (Å²) < 4.78 is 11.4. The summed E-state index contributed by atoms with van der Waals surface area (Å²) in [7, 11) is 0. The summed E-state index contributed by atoms with van der Waals surface area (Å²) in [6.45, 7) is 0. The van der Waals surface area contributed by atoms with Crippen molar-refractivity contribution in [3.63, 3.8) is 0 Å². The van der Waals surface area contributed by atoms with Crippen LogP contribution in [0, 0.1) is 0 Å². The lowest BCUT2D eigenvalue weighted by Gasteiger charge is -2.08. The van der Waals surface area contributed by atoms with Crippen LogP contribution in [0.25, 0.3) is 115 Å². The Balaban J connectivity index is 0.970. The Kier molecular flexibility index (Phi) is 7.03. The second-order valence-electron chi connectivity index (χ2n) is 14.4. The lowest BCUT2D eigenvalue weighted by molar-refractivity contribution is 0.668. The third-order valence-electron chi connectivity index (χ3n) is 11.1. The quantitative estimate of drug-likeness (QED) is 0.176. The minimum Gasteiger partial charge on any atom is -0.456 e. The molecule has 0 aliphatic carbocycles. The molecule has 5 nitrogen and oxygen atoms in total. The number of thiophene rings is 1. The van der Waals surface area contributed by atoms with Crippen molar-refractivity contribution in [1.29, 1.82) is 0 Å². The zero-order valence-corrected chi connectivity index (χ0v) is 31.2. The molecule has 0 saturated heterocycles. The molecule has 0 amide bonds. The van der Waals surface area contributed by atoms with Crippen LogP contribution in [0.1, 0.15) is 0 Å². The summed E-state index contributed by atoms with van der Waals surface area (Å²) in [6, 6.07) is 63.8. The van der Waals surface area contributed by atoms with Crippen molar-refractivity contribution in [2.45, 2.75) is 0 Å². The zero-order chi connectivity index (χ0) is 37.5. The topological polar surface area (TPSA) is 56.7 Å². The molecule has 4 aromatic heterocycles. The molecule has 0 aliphatic rings. The van der Waals surface area contributed by atoms with Crippen LogP contribution in [0.15, 0.2) is 186 Å². The average Bonchev–Trinajstić information content (AvgIpc) is 3.95. The second kappa shape index (κ2) is 12.6. The number of nitrogens with zero attached hydrogens (tertiary/aromatic N) is 4. The number of rotatable bonds is 5. The molecule has 0 aliphatic heterocycles. The first kappa shape index (κ1) is 31.9. The summed E-state index contributed by atoms with van der Waals surface area (Å²) in [6.07, 6.45) is 0. The Morgan fingerprint density at radius 1 is 0.351 bits per heavy atom. The number of aromatic nitrogens is 4. The minimum atomic E-state index is 0.594. The first-order chi connectivity index (χ1) is 28.2. The Labute approximate surface area is 330 Å². The average molecular weight is 747 g/mol. The Morgan fingerprint density at radius 3 is 1.47 bits per heavy atom. The summed E-state index contributed by atoms with van der Waals surface area (Å²) >= 11 is 1.80. The van der Waals surface area contributed by atoms with E-state index in [1.165, 1.54) is 53.1 Å². The molecule has 266 valence electrons. The molecule has 0 saturated carbocycles. The molecule has 0 spiro atoms. The Morgan fingerprint density at radius 2 is 0.825 bits per heavy atom. The van der Waals surface area contributed by atoms with Gasteiger partial charge >= 0.3 is 0 Å². The normalized spacial score (nSPS) is 11.9. The number of para-hydroxylation sites is 2. The molecule has 0 radical (unpaired) electrons. The lowest BCUT2D eigenvalue weighted by Crippen LogP contribution is -2.00. The molecule has 12 rings (SSSR count). The highest BCUT2D eigenvalue weighted by Gasteiger charge is 2.18. The van der Waals surface area contributed by atoms with E-state index in [-0.39, 0.29) is 0 Å². The molecule has 12 aromatic rings. The second-order valence-corrected chi connectivity index (χ2v) is 15.5. The summed E-state index contributed by atoms with van der Waals surface area (Å²) in [4.78, 5) is 15.2. The standard InChI is InChI=1S/C51H30N4OS/c1-3-11-31(12-4-1)33-19-24-41-42-25-21-35(29-48(42)57-47(41)28-33)51-53-49(32-13-5-2-6-14-32)52-50(54-51)34-20-23-39-40-26-22-36(30-46(40)56-45(39)27-34)55-43-17-9-7-15-37(43)38-16-8-10-18-44(38)55/h1-30H. The van der Waals surface area contributed by atoms with Crippen molar-refractivity contribution >= 4 is 75.3 Å². The number of furan rings is 1. The van der Waals surface area contributed by atoms with Crippen molar-refractivity contribution in [1.82, 2.24) is 19.5 Å². The highest BCUT2D eigenvalue weighted by atomic mass is 32.1. The van der Waals surface area contributed by atoms with E-state index in [0.29, 0.717) is 17.5 Å². The fourth-order valence-electron chi connectivity index (χ4n) is 8.32. The van der Waals surface area contributed by atoms with Crippen molar-refractivity contribution in [2.75, 3.05) is 0 Å². The molecular formula is C51H30N4OS. The van der Waals surface area contributed by atoms with Gasteiger partial charge in [-0.25, -0.2) is 15.0 Å². The lowest BCUT2D eigenvalue weighted by atomic mass is 10.0. The van der Waals surface area contributed by atoms with E-state index in [1.54, 1.807) is 11.3 Å². The molecule has 0 N–H and O–H groups in total. The van der Waals surface area contributed by atoms with E-state index in [1.807, 2.05) is 30.3 Å². The number of benzene rings is 8. The highest BCUT2D eigenvalue weighted by Crippen LogP contribution is 2.40. The smallest absolute Gasteiger partial charge is 0.164 e. The first-order valence-corrected chi connectivity index (χ1v) is 19.8. The van der Waals surface area contributed by atoms with Gasteiger partial charge in [0.15, 0.2) is 17.5 Å². The van der Waals surface area contributed by atoms with Gasteiger partial charge in [0.05, 0.1) is 11.0 Å². The van der Waals surface area contributed by atoms with Crippen LogP contribution in [0.5, 0.6) is 0 Å². The van der Waals surface area contributed by atoms with Crippen LogP contribution < -0.4 is 0 Å². The van der Waals surface area contributed by atoms with Gasteiger partial charge in [0, 0.05) is 70.2 Å². The molecule has 0 unspecified atom stereocenters. The predicted octanol–water partition coefficient (Wildman–Crippen LogP) is 13.9. The number of fused-ring (bicyclic) bond motifs is 9. The molecule has 0 bridgehead atoms. The van der Waals surface area contributed by atoms with Crippen LogP contribution in [0.4, 0.5) is 0 Å². The van der Waals surface area contributed by atoms with Crippen LogP contribution in [0.2, 0.25) is 0 Å². The monoisotopic (exact) mass is 746 g/mol. The SMILES string of the molecule is c1ccc(-c2ccc3c(c2)sc2cc(-c4nc(-c5ccccc5)nc(-c5ccc6c(c5)oc5cc(-n7c8ccccc8c8ccccc87)ccc56)n4)ccc23)cc1. The minimum absolute atomic E-state index is 0.594. The summed E-state index contributed by atoms with van der Waals surface area (Å²) in [5.74, 6) is 1.85. The van der Waals surface area contributed by atoms with Gasteiger partial charge in [-0.1, -0.05) is 127 Å². The van der Waals surface area contributed by atoms with Crippen molar-refractivity contribution in [2.24, 2.45) is 0 Å². The zero-order valence-electron chi connectivity index (χ0n) is 30.4. The predicted molar refractivity (Wildman–Crippen MR) is 236 cm³/mol. The van der Waals surface area contributed by atoms with Gasteiger partial charge in [0.25, 0.3) is 0 Å². The number of hydrogen-bond donors (Lipinski definition) is 0. The maximum absolute atomic E-state index is 6.64. The van der Waals surface area contributed by atoms with Gasteiger partial charge in [0.1, 0.15) is 11.2 Å². The van der Waals surface area contributed by atoms with Crippen LogP contribution in [-0.4, -0.2) is 19.5 Å². The first-order valence-electron chi connectivity index (χ1n) is 19.0. The Hall–Kier alpha value is -7.41. The van der Waals surface area contributed by atoms with Gasteiger partial charge in [-0.3, -0.25) is 0 Å². The van der Waals surface area contributed by atoms with Crippen molar-refractivity contribution in [3.8, 4) is 51.0 Å². The van der Waals surface area contributed by atoms with Gasteiger partial charge in [-0.05, 0) is 59.7 Å². The van der Waals surface area contributed by atoms with Crippen LogP contribution in [-0.2, 0) is 0 Å². The van der Waals surface area contributed by atoms with Crippen molar-refractivity contribution < 1.29 is 4.42 Å². The number of hydrogen-bond acceptors (Lipinski definition) is 5. The molecule has 6 heteroatoms. The molecular weight excluding hydrogens is 717 g/mol. The van der Waals surface area contributed by atoms with Crippen LogP contribution >= 0.6 is 11.3 Å². The molecule has 57 heavy (non-hydrogen) atoms. The maximum Gasteiger partial charge on any atom is 0.164 e. The fourth-order valence-corrected chi connectivity index (χ4v) is 9.51. The van der Waals surface area contributed by atoms with Gasteiger partial charge in [-0.15, -0.1) is 11.3 Å². The van der Waals surface area contributed by atoms with E-state index < -0.39 is 0 Å². The summed E-state index contributed by atoms with van der Waals surface area (Å²) in [5, 5.41) is 7.06. The molecule has 4 heterocycles. The van der Waals surface area contributed by atoms with Gasteiger partial charge < -0.3 is 8.98 Å². The summed E-state index contributed by atoms with van der Waals surface area (Å²) in [5.41, 5.74) is 10.2. The van der Waals surface area contributed by atoms with E-state index in [4.69, 9.17) is 19.4 Å². The van der Waals surface area contributed by atoms with Crippen molar-refractivity contribution in [3.05, 3.63) is 182 Å². The largest absolute Gasteiger partial charge is 0.456 e. The molecule has 0 fully saturated rings. The van der Waals surface area contributed by atoms with E-state index >= 15 is 0 Å². The van der Waals surface area contributed by atoms with E-state index in [9.17, 15) is 0 Å². The van der Waals surface area contributed by atoms with Gasteiger partial charge in [0.2, 0.25) is 0 Å².